The molecular formula is C10H19N3O3. The second-order valence-electron chi connectivity index (χ2n) is 4.44. The van der Waals surface area contributed by atoms with Gasteiger partial charge in [0.15, 0.2) is 0 Å². The summed E-state index contributed by atoms with van der Waals surface area (Å²) in [6.45, 7) is 3.20. The van der Waals surface area contributed by atoms with Crippen LogP contribution in [0.25, 0.3) is 0 Å². The first-order chi connectivity index (χ1) is 7.43. The third kappa shape index (κ3) is 3.79. The summed E-state index contributed by atoms with van der Waals surface area (Å²) >= 11 is 0. The van der Waals surface area contributed by atoms with E-state index in [4.69, 9.17) is 16.2 Å². The van der Waals surface area contributed by atoms with Crippen LogP contribution in [0.5, 0.6) is 0 Å². The molecule has 92 valence electrons. The van der Waals surface area contributed by atoms with E-state index in [1.165, 1.54) is 0 Å². The molecular weight excluding hydrogens is 210 g/mol. The highest BCUT2D eigenvalue weighted by Gasteiger charge is 2.30. The lowest BCUT2D eigenvalue weighted by Crippen LogP contribution is -2.54. The van der Waals surface area contributed by atoms with Crippen LogP contribution in [0.2, 0.25) is 0 Å². The molecule has 6 heteroatoms. The summed E-state index contributed by atoms with van der Waals surface area (Å²) in [4.78, 5) is 22.3. The fraction of sp³-hybridized carbons (Fsp3) is 0.800. The molecule has 6 nitrogen and oxygen atoms in total. The molecule has 5 N–H and O–H groups in total. The van der Waals surface area contributed by atoms with Gasteiger partial charge in [0.2, 0.25) is 11.8 Å². The van der Waals surface area contributed by atoms with Crippen molar-refractivity contribution in [3.05, 3.63) is 0 Å². The summed E-state index contributed by atoms with van der Waals surface area (Å²) in [5.74, 6) is -0.900. The van der Waals surface area contributed by atoms with E-state index in [1.54, 1.807) is 0 Å². The maximum Gasteiger partial charge on any atom is 0.237 e. The number of hydrogen-bond acceptors (Lipinski definition) is 4. The lowest BCUT2D eigenvalue weighted by atomic mass is 9.92. The number of rotatable bonds is 4. The molecule has 1 aliphatic rings. The largest absolute Gasteiger partial charge is 0.381 e. The minimum Gasteiger partial charge on any atom is -0.381 e. The van der Waals surface area contributed by atoms with E-state index in [9.17, 15) is 9.59 Å². The maximum atomic E-state index is 11.7. The molecule has 0 aromatic carbocycles. The molecule has 1 rings (SSSR count). The van der Waals surface area contributed by atoms with Crippen molar-refractivity contribution < 1.29 is 14.3 Å². The van der Waals surface area contributed by atoms with Crippen LogP contribution in [-0.4, -0.2) is 36.6 Å². The quantitative estimate of drug-likeness (QED) is 0.567. The van der Waals surface area contributed by atoms with Crippen molar-refractivity contribution in [3.63, 3.8) is 0 Å². The average Bonchev–Trinajstić information content (AvgIpc) is 2.16. The van der Waals surface area contributed by atoms with Crippen LogP contribution < -0.4 is 16.8 Å². The van der Waals surface area contributed by atoms with Gasteiger partial charge in [-0.25, -0.2) is 0 Å². The van der Waals surface area contributed by atoms with E-state index >= 15 is 0 Å². The van der Waals surface area contributed by atoms with Gasteiger partial charge >= 0.3 is 0 Å². The van der Waals surface area contributed by atoms with E-state index in [0.29, 0.717) is 13.2 Å². The monoisotopic (exact) mass is 229 g/mol. The van der Waals surface area contributed by atoms with Gasteiger partial charge in [-0.1, -0.05) is 0 Å². The second kappa shape index (κ2) is 5.27. The minimum absolute atomic E-state index is 0.127. The Labute approximate surface area is 94.7 Å². The standard InChI is InChI=1S/C10H19N3O3/c1-10(2-4-16-5-3-10)13-9(15)7(11)6-8(12)14/h7H,2-6,11H2,1H3,(H2,12,14)(H,13,15). The molecule has 2 amide bonds. The average molecular weight is 229 g/mol. The first kappa shape index (κ1) is 12.9. The molecule has 0 aromatic rings. The van der Waals surface area contributed by atoms with Crippen molar-refractivity contribution in [2.45, 2.75) is 37.8 Å². The Morgan fingerprint density at radius 3 is 2.50 bits per heavy atom. The molecule has 0 radical (unpaired) electrons. The maximum absolute atomic E-state index is 11.7. The molecule has 1 atom stereocenters. The predicted molar refractivity (Wildman–Crippen MR) is 58.4 cm³/mol. The smallest absolute Gasteiger partial charge is 0.237 e. The summed E-state index contributed by atoms with van der Waals surface area (Å²) in [6.07, 6.45) is 1.38. The van der Waals surface area contributed by atoms with E-state index in [0.717, 1.165) is 12.8 Å². The third-order valence-corrected chi connectivity index (χ3v) is 2.78. The molecule has 1 fully saturated rings. The van der Waals surface area contributed by atoms with Gasteiger partial charge in [-0.3, -0.25) is 9.59 Å². The lowest BCUT2D eigenvalue weighted by Gasteiger charge is -2.35. The van der Waals surface area contributed by atoms with Crippen molar-refractivity contribution in [3.8, 4) is 0 Å². The number of hydrogen-bond donors (Lipinski definition) is 3. The summed E-state index contributed by atoms with van der Waals surface area (Å²) in [5.41, 5.74) is 10.2. The highest BCUT2D eigenvalue weighted by molar-refractivity contribution is 5.87. The SMILES string of the molecule is CC1(NC(=O)C(N)CC(N)=O)CCOCC1. The van der Waals surface area contributed by atoms with Crippen LogP contribution in [0.3, 0.4) is 0 Å². The molecule has 1 heterocycles. The highest BCUT2D eigenvalue weighted by atomic mass is 16.5. The predicted octanol–water partition coefficient (Wildman–Crippen LogP) is -1.13. The summed E-state index contributed by atoms with van der Waals surface area (Å²) in [5, 5.41) is 2.85. The Hall–Kier alpha value is -1.14. The molecule has 0 bridgehead atoms. The molecule has 1 unspecified atom stereocenters. The van der Waals surface area contributed by atoms with Gasteiger partial charge in [-0.05, 0) is 19.8 Å². The van der Waals surface area contributed by atoms with E-state index in [-0.39, 0.29) is 17.9 Å². The lowest BCUT2D eigenvalue weighted by molar-refractivity contribution is -0.128. The van der Waals surface area contributed by atoms with E-state index in [2.05, 4.69) is 5.32 Å². The number of carbonyl (C=O) groups is 2. The summed E-state index contributed by atoms with van der Waals surface area (Å²) in [7, 11) is 0. The van der Waals surface area contributed by atoms with Gasteiger partial charge in [-0.15, -0.1) is 0 Å². The van der Waals surface area contributed by atoms with Crippen molar-refractivity contribution in [1.29, 1.82) is 0 Å². The van der Waals surface area contributed by atoms with Crippen molar-refractivity contribution in [2.24, 2.45) is 11.5 Å². The second-order valence-corrected chi connectivity index (χ2v) is 4.44. The van der Waals surface area contributed by atoms with Gasteiger partial charge in [0.05, 0.1) is 12.5 Å². The molecule has 1 aliphatic heterocycles. The third-order valence-electron chi connectivity index (χ3n) is 2.78. The zero-order valence-corrected chi connectivity index (χ0v) is 9.49. The molecule has 0 aromatic heterocycles. The zero-order chi connectivity index (χ0) is 12.2. The van der Waals surface area contributed by atoms with Gasteiger partial charge < -0.3 is 21.5 Å². The highest BCUT2D eigenvalue weighted by Crippen LogP contribution is 2.19. The van der Waals surface area contributed by atoms with Gasteiger partial charge in [0.1, 0.15) is 0 Å². The Morgan fingerprint density at radius 1 is 1.44 bits per heavy atom. The van der Waals surface area contributed by atoms with E-state index < -0.39 is 11.9 Å². The van der Waals surface area contributed by atoms with Crippen molar-refractivity contribution in [1.82, 2.24) is 5.32 Å². The molecule has 16 heavy (non-hydrogen) atoms. The zero-order valence-electron chi connectivity index (χ0n) is 9.49. The molecule has 0 spiro atoms. The van der Waals surface area contributed by atoms with Gasteiger partial charge in [0.25, 0.3) is 0 Å². The molecule has 1 saturated heterocycles. The number of nitrogens with one attached hydrogen (secondary N) is 1. The van der Waals surface area contributed by atoms with Crippen molar-refractivity contribution >= 4 is 11.8 Å². The topological polar surface area (TPSA) is 107 Å². The molecule has 0 aliphatic carbocycles. The van der Waals surface area contributed by atoms with Gasteiger partial charge in [-0.2, -0.15) is 0 Å². The number of nitrogens with two attached hydrogens (primary N) is 2. The fourth-order valence-electron chi connectivity index (χ4n) is 1.65. The fourth-order valence-corrected chi connectivity index (χ4v) is 1.65. The summed E-state index contributed by atoms with van der Waals surface area (Å²) < 4.78 is 5.21. The van der Waals surface area contributed by atoms with Crippen LogP contribution in [-0.2, 0) is 14.3 Å². The number of carbonyl (C=O) groups excluding carboxylic acids is 2. The van der Waals surface area contributed by atoms with Crippen molar-refractivity contribution in [2.75, 3.05) is 13.2 Å². The first-order valence-corrected chi connectivity index (χ1v) is 5.37. The minimum atomic E-state index is -0.864. The number of amides is 2. The summed E-state index contributed by atoms with van der Waals surface area (Å²) in [6, 6.07) is -0.864. The van der Waals surface area contributed by atoms with Crippen LogP contribution >= 0.6 is 0 Å². The van der Waals surface area contributed by atoms with E-state index in [1.807, 2.05) is 6.92 Å². The van der Waals surface area contributed by atoms with Crippen LogP contribution in [0.4, 0.5) is 0 Å². The van der Waals surface area contributed by atoms with Crippen LogP contribution in [0, 0.1) is 0 Å². The Kier molecular flexibility index (Phi) is 4.26. The van der Waals surface area contributed by atoms with Crippen LogP contribution in [0.1, 0.15) is 26.2 Å². The Morgan fingerprint density at radius 2 is 2.00 bits per heavy atom. The number of ether oxygens (including phenoxy) is 1. The van der Waals surface area contributed by atoms with Gasteiger partial charge in [0, 0.05) is 18.8 Å². The molecule has 0 saturated carbocycles. The first-order valence-electron chi connectivity index (χ1n) is 5.37. The van der Waals surface area contributed by atoms with Crippen LogP contribution in [0.15, 0.2) is 0 Å². The normalized spacial score (nSPS) is 21.1. The Bertz CT molecular complexity index is 274. The number of primary amides is 1. The Balaban J connectivity index is 2.45.